The number of nitrogens with zero attached hydrogens (tertiary/aromatic N) is 1. The summed E-state index contributed by atoms with van der Waals surface area (Å²) in [5.74, 6) is -0.519. The Morgan fingerprint density at radius 3 is 2.24 bits per heavy atom. The van der Waals surface area contributed by atoms with E-state index in [0.717, 1.165) is 4.90 Å². The fraction of sp³-hybridized carbons (Fsp3) is 0.900. The lowest BCUT2D eigenvalue weighted by atomic mass is 10.2. The van der Waals surface area contributed by atoms with E-state index in [1.54, 1.807) is 20.8 Å². The van der Waals surface area contributed by atoms with Crippen LogP contribution in [0.3, 0.4) is 0 Å². The van der Waals surface area contributed by atoms with Gasteiger partial charge in [-0.25, -0.2) is 13.2 Å². The van der Waals surface area contributed by atoms with E-state index in [4.69, 9.17) is 4.74 Å². The van der Waals surface area contributed by atoms with E-state index in [9.17, 15) is 18.3 Å². The molecular formula is C10H19NO5S. The normalized spacial score (nSPS) is 27.8. The summed E-state index contributed by atoms with van der Waals surface area (Å²) < 4.78 is 27.8. The highest BCUT2D eigenvalue weighted by Crippen LogP contribution is 2.19. The van der Waals surface area contributed by atoms with Gasteiger partial charge in [0.15, 0.2) is 9.84 Å². The molecule has 2 atom stereocenters. The molecule has 1 saturated heterocycles. The maximum Gasteiger partial charge on any atom is 0.410 e. The highest BCUT2D eigenvalue weighted by atomic mass is 32.2. The molecule has 1 rings (SSSR count). The fourth-order valence-corrected chi connectivity index (χ4v) is 3.49. The van der Waals surface area contributed by atoms with E-state index in [1.807, 2.05) is 0 Å². The molecule has 1 fully saturated rings. The minimum absolute atomic E-state index is 0.218. The van der Waals surface area contributed by atoms with Crippen molar-refractivity contribution in [3.8, 4) is 0 Å². The van der Waals surface area contributed by atoms with Gasteiger partial charge in [0, 0.05) is 7.05 Å². The molecule has 0 saturated carbocycles. The molecule has 0 aromatic heterocycles. The predicted octanol–water partition coefficient (Wildman–Crippen LogP) is 0.0112. The molecule has 1 heterocycles. The number of rotatable bonds is 1. The van der Waals surface area contributed by atoms with E-state index >= 15 is 0 Å². The van der Waals surface area contributed by atoms with Gasteiger partial charge in [-0.1, -0.05) is 0 Å². The van der Waals surface area contributed by atoms with Gasteiger partial charge in [-0.3, -0.25) is 0 Å². The molecule has 0 aromatic carbocycles. The summed E-state index contributed by atoms with van der Waals surface area (Å²) in [6, 6.07) is -0.727. The Morgan fingerprint density at radius 1 is 1.35 bits per heavy atom. The van der Waals surface area contributed by atoms with Crippen LogP contribution in [0.1, 0.15) is 20.8 Å². The molecule has 100 valence electrons. The van der Waals surface area contributed by atoms with Gasteiger partial charge in [0.2, 0.25) is 0 Å². The third-order valence-electron chi connectivity index (χ3n) is 2.47. The Bertz CT molecular complexity index is 397. The van der Waals surface area contributed by atoms with Crippen molar-refractivity contribution in [3.05, 3.63) is 0 Å². The number of carbonyl (C=O) groups is 1. The number of aliphatic hydroxyl groups is 1. The quantitative estimate of drug-likeness (QED) is 0.722. The van der Waals surface area contributed by atoms with E-state index in [1.165, 1.54) is 7.05 Å². The monoisotopic (exact) mass is 265 g/mol. The van der Waals surface area contributed by atoms with Crippen molar-refractivity contribution in [3.63, 3.8) is 0 Å². The molecule has 0 unspecified atom stereocenters. The standard InChI is InChI=1S/C10H19NO5S/c1-10(2,3)16-9(13)11(4)7-5-17(14,15)6-8(7)12/h7-8,12H,5-6H2,1-4H3/t7-,8-/m1/s1. The van der Waals surface area contributed by atoms with Crippen LogP contribution in [0.25, 0.3) is 0 Å². The number of hydrogen-bond donors (Lipinski definition) is 1. The molecule has 17 heavy (non-hydrogen) atoms. The fourth-order valence-electron chi connectivity index (χ4n) is 1.65. The van der Waals surface area contributed by atoms with E-state index in [0.29, 0.717) is 0 Å². The van der Waals surface area contributed by atoms with Crippen molar-refractivity contribution < 1.29 is 23.1 Å². The van der Waals surface area contributed by atoms with E-state index in [-0.39, 0.29) is 11.5 Å². The molecule has 0 spiro atoms. The summed E-state index contributed by atoms with van der Waals surface area (Å²) in [6.07, 6.45) is -1.67. The Kier molecular flexibility index (Phi) is 3.73. The molecule has 1 amide bonds. The largest absolute Gasteiger partial charge is 0.444 e. The van der Waals surface area contributed by atoms with Gasteiger partial charge < -0.3 is 14.7 Å². The zero-order chi connectivity index (χ0) is 13.4. The van der Waals surface area contributed by atoms with E-state index < -0.39 is 33.7 Å². The predicted molar refractivity (Wildman–Crippen MR) is 62.4 cm³/mol. The van der Waals surface area contributed by atoms with Gasteiger partial charge in [-0.05, 0) is 20.8 Å². The number of sulfone groups is 1. The second-order valence-corrected chi connectivity index (χ2v) is 7.46. The van der Waals surface area contributed by atoms with Gasteiger partial charge in [-0.2, -0.15) is 0 Å². The molecular weight excluding hydrogens is 246 g/mol. The van der Waals surface area contributed by atoms with Crippen molar-refractivity contribution >= 4 is 15.9 Å². The minimum Gasteiger partial charge on any atom is -0.444 e. The van der Waals surface area contributed by atoms with E-state index in [2.05, 4.69) is 0 Å². The highest BCUT2D eigenvalue weighted by Gasteiger charge is 2.41. The molecule has 0 radical (unpaired) electrons. The lowest BCUT2D eigenvalue weighted by Crippen LogP contribution is -2.46. The van der Waals surface area contributed by atoms with Crippen LogP contribution in [0.4, 0.5) is 4.79 Å². The minimum atomic E-state index is -3.27. The van der Waals surface area contributed by atoms with Crippen molar-refractivity contribution in [2.75, 3.05) is 18.6 Å². The topological polar surface area (TPSA) is 83.9 Å². The summed E-state index contributed by atoms with van der Waals surface area (Å²) in [4.78, 5) is 12.9. The maximum atomic E-state index is 11.7. The molecule has 0 aromatic rings. The van der Waals surface area contributed by atoms with Gasteiger partial charge in [0.05, 0.1) is 23.7 Å². The van der Waals surface area contributed by atoms with Crippen LogP contribution in [0.5, 0.6) is 0 Å². The first-order valence-corrected chi connectivity index (χ1v) is 7.18. The van der Waals surface area contributed by atoms with Crippen LogP contribution < -0.4 is 0 Å². The molecule has 7 heteroatoms. The lowest BCUT2D eigenvalue weighted by molar-refractivity contribution is 0.0113. The first kappa shape index (κ1) is 14.2. The number of ether oxygens (including phenoxy) is 1. The molecule has 1 aliphatic rings. The van der Waals surface area contributed by atoms with Crippen molar-refractivity contribution in [2.24, 2.45) is 0 Å². The Balaban J connectivity index is 2.71. The summed E-state index contributed by atoms with van der Waals surface area (Å²) in [6.45, 7) is 5.17. The molecule has 0 aliphatic carbocycles. The lowest BCUT2D eigenvalue weighted by Gasteiger charge is -2.29. The van der Waals surface area contributed by atoms with Crippen LogP contribution in [0, 0.1) is 0 Å². The van der Waals surface area contributed by atoms with Crippen LogP contribution in [-0.2, 0) is 14.6 Å². The van der Waals surface area contributed by atoms with Gasteiger partial charge in [-0.15, -0.1) is 0 Å². The van der Waals surface area contributed by atoms with Crippen LogP contribution in [0.2, 0.25) is 0 Å². The molecule has 1 N–H and O–H groups in total. The Hall–Kier alpha value is -0.820. The first-order chi connectivity index (χ1) is 7.52. The van der Waals surface area contributed by atoms with Gasteiger partial charge in [0.25, 0.3) is 0 Å². The van der Waals surface area contributed by atoms with Crippen molar-refractivity contribution in [1.29, 1.82) is 0 Å². The third-order valence-corrected chi connectivity index (χ3v) is 4.17. The summed E-state index contributed by atoms with van der Waals surface area (Å²) in [5, 5.41) is 9.61. The zero-order valence-electron chi connectivity index (χ0n) is 10.5. The number of carbonyl (C=O) groups excluding carboxylic acids is 1. The number of likely N-dealkylation sites (N-methyl/N-ethyl adjacent to an activating group) is 1. The highest BCUT2D eigenvalue weighted by molar-refractivity contribution is 7.91. The summed E-state index contributed by atoms with van der Waals surface area (Å²) >= 11 is 0. The van der Waals surface area contributed by atoms with Gasteiger partial charge >= 0.3 is 6.09 Å². The van der Waals surface area contributed by atoms with Crippen LogP contribution in [-0.4, -0.2) is 60.8 Å². The SMILES string of the molecule is CN(C(=O)OC(C)(C)C)[C@@H]1CS(=O)(=O)C[C@H]1O. The Labute approximate surface area is 101 Å². The maximum absolute atomic E-state index is 11.7. The number of aliphatic hydroxyl groups excluding tert-OH is 1. The number of hydrogen-bond acceptors (Lipinski definition) is 5. The average molecular weight is 265 g/mol. The average Bonchev–Trinajstić information content (AvgIpc) is 2.35. The van der Waals surface area contributed by atoms with Crippen LogP contribution >= 0.6 is 0 Å². The molecule has 1 aliphatic heterocycles. The zero-order valence-corrected chi connectivity index (χ0v) is 11.3. The van der Waals surface area contributed by atoms with Crippen molar-refractivity contribution in [1.82, 2.24) is 4.90 Å². The summed E-state index contributed by atoms with van der Waals surface area (Å²) in [7, 11) is -1.83. The number of amides is 1. The second-order valence-electron chi connectivity index (χ2n) is 5.30. The van der Waals surface area contributed by atoms with Gasteiger partial charge in [0.1, 0.15) is 5.60 Å². The molecule has 0 bridgehead atoms. The second kappa shape index (κ2) is 4.45. The van der Waals surface area contributed by atoms with Crippen molar-refractivity contribution in [2.45, 2.75) is 38.5 Å². The third kappa shape index (κ3) is 3.85. The summed E-state index contributed by atoms with van der Waals surface area (Å²) in [5.41, 5.74) is -0.645. The molecule has 6 nitrogen and oxygen atoms in total. The smallest absolute Gasteiger partial charge is 0.410 e. The Morgan fingerprint density at radius 2 is 1.88 bits per heavy atom. The first-order valence-electron chi connectivity index (χ1n) is 5.36. The van der Waals surface area contributed by atoms with Crippen LogP contribution in [0.15, 0.2) is 0 Å².